The summed E-state index contributed by atoms with van der Waals surface area (Å²) in [7, 11) is 0. The van der Waals surface area contributed by atoms with Crippen molar-refractivity contribution in [1.29, 1.82) is 0 Å². The molecule has 0 aliphatic carbocycles. The van der Waals surface area contributed by atoms with Crippen molar-refractivity contribution in [1.82, 2.24) is 5.32 Å². The minimum absolute atomic E-state index is 0.0409. The summed E-state index contributed by atoms with van der Waals surface area (Å²) in [5.74, 6) is 1.85. The van der Waals surface area contributed by atoms with Crippen molar-refractivity contribution in [3.05, 3.63) is 76.9 Å². The van der Waals surface area contributed by atoms with Gasteiger partial charge in [0.25, 0.3) is 0 Å². The zero-order chi connectivity index (χ0) is 19.0. The third kappa shape index (κ3) is 7.09. The van der Waals surface area contributed by atoms with Crippen molar-refractivity contribution in [3.63, 3.8) is 0 Å². The van der Waals surface area contributed by atoms with E-state index in [-0.39, 0.29) is 11.3 Å². The van der Waals surface area contributed by atoms with E-state index in [0.29, 0.717) is 6.54 Å². The molecule has 0 atom stereocenters. The van der Waals surface area contributed by atoms with Crippen LogP contribution in [0.25, 0.3) is 6.08 Å². The SMILES string of the molecule is Cc1ccc(CSCCNC(=O)C=Cc2ccc(C(C)(C)C)cc2)cc1. The first kappa shape index (κ1) is 20.3. The van der Waals surface area contributed by atoms with Crippen molar-refractivity contribution in [2.75, 3.05) is 12.3 Å². The van der Waals surface area contributed by atoms with Gasteiger partial charge in [0.1, 0.15) is 0 Å². The van der Waals surface area contributed by atoms with Gasteiger partial charge in [-0.05, 0) is 35.1 Å². The summed E-state index contributed by atoms with van der Waals surface area (Å²) >= 11 is 1.83. The molecule has 0 aliphatic heterocycles. The molecular formula is C23H29NOS. The van der Waals surface area contributed by atoms with Gasteiger partial charge in [0.15, 0.2) is 0 Å². The molecule has 0 unspecified atom stereocenters. The van der Waals surface area contributed by atoms with E-state index in [0.717, 1.165) is 17.1 Å². The van der Waals surface area contributed by atoms with Crippen molar-refractivity contribution in [3.8, 4) is 0 Å². The molecule has 1 amide bonds. The monoisotopic (exact) mass is 367 g/mol. The fraction of sp³-hybridized carbons (Fsp3) is 0.348. The highest BCUT2D eigenvalue weighted by atomic mass is 32.2. The standard InChI is InChI=1S/C23H29NOS/c1-18-5-7-20(8-6-18)17-26-16-15-24-22(25)14-11-19-9-12-21(13-10-19)23(2,3)4/h5-14H,15-17H2,1-4H3,(H,24,25). The van der Waals surface area contributed by atoms with Gasteiger partial charge in [0.05, 0.1) is 0 Å². The average molecular weight is 368 g/mol. The van der Waals surface area contributed by atoms with Crippen LogP contribution in [0.4, 0.5) is 0 Å². The van der Waals surface area contributed by atoms with Crippen molar-refractivity contribution < 1.29 is 4.79 Å². The second-order valence-corrected chi connectivity index (χ2v) is 8.64. The van der Waals surface area contributed by atoms with E-state index in [1.807, 2.05) is 17.8 Å². The Kier molecular flexibility index (Phi) is 7.52. The second kappa shape index (κ2) is 9.63. The molecule has 2 rings (SSSR count). The first-order valence-electron chi connectivity index (χ1n) is 9.04. The lowest BCUT2D eigenvalue weighted by molar-refractivity contribution is -0.116. The number of aryl methyl sites for hydroxylation is 1. The molecule has 2 aromatic carbocycles. The van der Waals surface area contributed by atoms with E-state index >= 15 is 0 Å². The van der Waals surface area contributed by atoms with Crippen LogP contribution < -0.4 is 5.32 Å². The lowest BCUT2D eigenvalue weighted by Crippen LogP contribution is -2.23. The first-order chi connectivity index (χ1) is 12.3. The third-order valence-electron chi connectivity index (χ3n) is 4.14. The lowest BCUT2D eigenvalue weighted by Gasteiger charge is -2.18. The number of hydrogen-bond donors (Lipinski definition) is 1. The molecule has 0 saturated heterocycles. The van der Waals surface area contributed by atoms with Gasteiger partial charge in [-0.15, -0.1) is 0 Å². The average Bonchev–Trinajstić information content (AvgIpc) is 2.61. The molecule has 1 N–H and O–H groups in total. The summed E-state index contributed by atoms with van der Waals surface area (Å²) in [6, 6.07) is 17.0. The summed E-state index contributed by atoms with van der Waals surface area (Å²) in [6.07, 6.45) is 3.47. The van der Waals surface area contributed by atoms with Gasteiger partial charge in [0, 0.05) is 24.1 Å². The maximum Gasteiger partial charge on any atom is 0.244 e. The van der Waals surface area contributed by atoms with E-state index in [1.54, 1.807) is 6.08 Å². The van der Waals surface area contributed by atoms with Gasteiger partial charge in [-0.2, -0.15) is 11.8 Å². The zero-order valence-electron chi connectivity index (χ0n) is 16.2. The maximum atomic E-state index is 11.9. The van der Waals surface area contributed by atoms with E-state index in [4.69, 9.17) is 0 Å². The van der Waals surface area contributed by atoms with E-state index < -0.39 is 0 Å². The molecule has 0 bridgehead atoms. The second-order valence-electron chi connectivity index (χ2n) is 7.53. The van der Waals surface area contributed by atoms with Gasteiger partial charge in [-0.3, -0.25) is 4.79 Å². The first-order valence-corrected chi connectivity index (χ1v) is 10.2. The van der Waals surface area contributed by atoms with Crippen molar-refractivity contribution >= 4 is 23.7 Å². The molecule has 0 spiro atoms. The summed E-state index contributed by atoms with van der Waals surface area (Å²) in [6.45, 7) is 9.37. The Morgan fingerprint density at radius 1 is 1.04 bits per heavy atom. The fourth-order valence-electron chi connectivity index (χ4n) is 2.45. The molecule has 0 aliphatic rings. The molecule has 3 heteroatoms. The van der Waals surface area contributed by atoms with Gasteiger partial charge in [-0.25, -0.2) is 0 Å². The Balaban J connectivity index is 1.68. The normalized spacial score (nSPS) is 11.7. The van der Waals surface area contributed by atoms with Crippen LogP contribution in [0.2, 0.25) is 0 Å². The summed E-state index contributed by atoms with van der Waals surface area (Å²) in [5, 5.41) is 2.94. The minimum Gasteiger partial charge on any atom is -0.352 e. The maximum absolute atomic E-state index is 11.9. The van der Waals surface area contributed by atoms with Gasteiger partial charge in [0.2, 0.25) is 5.91 Å². The Hall–Kier alpha value is -2.00. The Morgan fingerprint density at radius 3 is 2.31 bits per heavy atom. The fourth-order valence-corrected chi connectivity index (χ4v) is 3.26. The molecule has 138 valence electrons. The third-order valence-corrected chi connectivity index (χ3v) is 5.17. The van der Waals surface area contributed by atoms with Crippen LogP contribution in [0.15, 0.2) is 54.6 Å². The summed E-state index contributed by atoms with van der Waals surface area (Å²) in [4.78, 5) is 11.9. The zero-order valence-corrected chi connectivity index (χ0v) is 17.0. The summed E-state index contributed by atoms with van der Waals surface area (Å²) < 4.78 is 0. The van der Waals surface area contributed by atoms with E-state index in [2.05, 4.69) is 81.5 Å². The number of thioether (sulfide) groups is 1. The van der Waals surface area contributed by atoms with Crippen LogP contribution in [0, 0.1) is 6.92 Å². The number of hydrogen-bond acceptors (Lipinski definition) is 2. The van der Waals surface area contributed by atoms with Crippen LogP contribution >= 0.6 is 11.8 Å². The highest BCUT2D eigenvalue weighted by molar-refractivity contribution is 7.98. The predicted octanol–water partition coefficient (Wildman–Crippen LogP) is 5.36. The summed E-state index contributed by atoms with van der Waals surface area (Å²) in [5.41, 5.74) is 5.10. The molecule has 0 aromatic heterocycles. The molecule has 26 heavy (non-hydrogen) atoms. The quantitative estimate of drug-likeness (QED) is 0.527. The molecular weight excluding hydrogens is 338 g/mol. The topological polar surface area (TPSA) is 29.1 Å². The Morgan fingerprint density at radius 2 is 1.69 bits per heavy atom. The van der Waals surface area contributed by atoms with Gasteiger partial charge < -0.3 is 5.32 Å². The molecule has 0 fully saturated rings. The number of carbonyl (C=O) groups excluding carboxylic acids is 1. The number of amides is 1. The van der Waals surface area contributed by atoms with Crippen molar-refractivity contribution in [2.24, 2.45) is 0 Å². The highest BCUT2D eigenvalue weighted by Gasteiger charge is 2.12. The predicted molar refractivity (Wildman–Crippen MR) is 115 cm³/mol. The largest absolute Gasteiger partial charge is 0.352 e. The van der Waals surface area contributed by atoms with Crippen LogP contribution in [-0.2, 0) is 16.0 Å². The van der Waals surface area contributed by atoms with Gasteiger partial charge in [-0.1, -0.05) is 74.9 Å². The molecule has 2 aromatic rings. The Bertz CT molecular complexity index is 724. The molecule has 2 nitrogen and oxygen atoms in total. The number of benzene rings is 2. The number of nitrogens with one attached hydrogen (secondary N) is 1. The van der Waals surface area contributed by atoms with E-state index in [1.165, 1.54) is 16.7 Å². The smallest absolute Gasteiger partial charge is 0.244 e. The van der Waals surface area contributed by atoms with E-state index in [9.17, 15) is 4.79 Å². The minimum atomic E-state index is -0.0409. The number of carbonyl (C=O) groups is 1. The lowest BCUT2D eigenvalue weighted by atomic mass is 9.87. The molecule has 0 radical (unpaired) electrons. The van der Waals surface area contributed by atoms with Crippen LogP contribution in [0.3, 0.4) is 0 Å². The van der Waals surface area contributed by atoms with Crippen molar-refractivity contribution in [2.45, 2.75) is 38.9 Å². The van der Waals surface area contributed by atoms with Crippen LogP contribution in [0.5, 0.6) is 0 Å². The molecule has 0 heterocycles. The van der Waals surface area contributed by atoms with Crippen LogP contribution in [0.1, 0.15) is 43.0 Å². The van der Waals surface area contributed by atoms with Crippen LogP contribution in [-0.4, -0.2) is 18.2 Å². The van der Waals surface area contributed by atoms with Gasteiger partial charge >= 0.3 is 0 Å². The molecule has 0 saturated carbocycles. The number of rotatable bonds is 7. The highest BCUT2D eigenvalue weighted by Crippen LogP contribution is 2.22. The Labute approximate surface area is 162 Å².